The minimum absolute atomic E-state index is 0.401. The van der Waals surface area contributed by atoms with Crippen LogP contribution in [0.4, 0.5) is 0 Å². The van der Waals surface area contributed by atoms with Crippen molar-refractivity contribution in [2.45, 2.75) is 63.8 Å². The standard InChI is InChI=1S/C18H29N/c1-4-9-15(2)14-17(19-3)18(12-8-13-18)16-10-6-5-7-11-16/h5-7,10-11,15,17,19H,4,8-9,12-14H2,1-3H3. The molecule has 1 saturated carbocycles. The lowest BCUT2D eigenvalue weighted by atomic mass is 9.58. The van der Waals surface area contributed by atoms with Crippen LogP contribution in [-0.4, -0.2) is 13.1 Å². The van der Waals surface area contributed by atoms with Crippen molar-refractivity contribution >= 4 is 0 Å². The van der Waals surface area contributed by atoms with E-state index in [1.807, 2.05) is 0 Å². The maximum atomic E-state index is 3.63. The summed E-state index contributed by atoms with van der Waals surface area (Å²) >= 11 is 0. The monoisotopic (exact) mass is 259 g/mol. The van der Waals surface area contributed by atoms with Crippen LogP contribution >= 0.6 is 0 Å². The van der Waals surface area contributed by atoms with Crippen molar-refractivity contribution in [1.82, 2.24) is 5.32 Å². The molecule has 2 unspecified atom stereocenters. The molecule has 0 bridgehead atoms. The molecule has 106 valence electrons. The van der Waals surface area contributed by atoms with Gasteiger partial charge in [-0.15, -0.1) is 0 Å². The normalized spacial score (nSPS) is 20.6. The largest absolute Gasteiger partial charge is 0.316 e. The maximum absolute atomic E-state index is 3.63. The zero-order valence-corrected chi connectivity index (χ0v) is 12.8. The van der Waals surface area contributed by atoms with E-state index < -0.39 is 0 Å². The summed E-state index contributed by atoms with van der Waals surface area (Å²) in [6.07, 6.45) is 8.04. The Kier molecular flexibility index (Phi) is 5.04. The second-order valence-corrected chi connectivity index (χ2v) is 6.35. The molecular formula is C18H29N. The Morgan fingerprint density at radius 2 is 1.89 bits per heavy atom. The van der Waals surface area contributed by atoms with Crippen LogP contribution in [0.25, 0.3) is 0 Å². The first-order chi connectivity index (χ1) is 9.23. The number of hydrogen-bond acceptors (Lipinski definition) is 1. The number of rotatable bonds is 7. The predicted molar refractivity (Wildman–Crippen MR) is 83.5 cm³/mol. The molecule has 0 aromatic heterocycles. The number of nitrogens with one attached hydrogen (secondary N) is 1. The van der Waals surface area contributed by atoms with Gasteiger partial charge in [-0.3, -0.25) is 0 Å². The molecule has 2 rings (SSSR count). The molecule has 0 heterocycles. The van der Waals surface area contributed by atoms with Crippen molar-refractivity contribution in [3.8, 4) is 0 Å². The van der Waals surface area contributed by atoms with Crippen LogP contribution in [0.2, 0.25) is 0 Å². The fourth-order valence-corrected chi connectivity index (χ4v) is 3.80. The molecular weight excluding hydrogens is 230 g/mol. The highest BCUT2D eigenvalue weighted by molar-refractivity contribution is 5.30. The van der Waals surface area contributed by atoms with Crippen LogP contribution in [0.1, 0.15) is 57.9 Å². The summed E-state index contributed by atoms with van der Waals surface area (Å²) in [6.45, 7) is 4.70. The van der Waals surface area contributed by atoms with Gasteiger partial charge in [0.1, 0.15) is 0 Å². The molecule has 1 aliphatic carbocycles. The third-order valence-corrected chi connectivity index (χ3v) is 5.03. The van der Waals surface area contributed by atoms with Crippen molar-refractivity contribution in [2.75, 3.05) is 7.05 Å². The summed E-state index contributed by atoms with van der Waals surface area (Å²) in [4.78, 5) is 0. The van der Waals surface area contributed by atoms with Crippen LogP contribution in [0.5, 0.6) is 0 Å². The first-order valence-corrected chi connectivity index (χ1v) is 7.95. The summed E-state index contributed by atoms with van der Waals surface area (Å²) in [6, 6.07) is 11.8. The van der Waals surface area contributed by atoms with Gasteiger partial charge in [0.15, 0.2) is 0 Å². The molecule has 0 saturated heterocycles. The number of likely N-dealkylation sites (N-methyl/N-ethyl adjacent to an activating group) is 1. The molecule has 1 heteroatoms. The molecule has 0 spiro atoms. The first-order valence-electron chi connectivity index (χ1n) is 7.95. The Labute approximate surface area is 118 Å². The summed E-state index contributed by atoms with van der Waals surface area (Å²) in [5, 5.41) is 3.63. The first kappa shape index (κ1) is 14.6. The van der Waals surface area contributed by atoms with E-state index in [9.17, 15) is 0 Å². The highest BCUT2D eigenvalue weighted by Crippen LogP contribution is 2.48. The third-order valence-electron chi connectivity index (χ3n) is 5.03. The lowest BCUT2D eigenvalue weighted by molar-refractivity contribution is 0.153. The van der Waals surface area contributed by atoms with Crippen LogP contribution in [0.3, 0.4) is 0 Å². The maximum Gasteiger partial charge on any atom is 0.0163 e. The van der Waals surface area contributed by atoms with Gasteiger partial charge < -0.3 is 5.32 Å². The quantitative estimate of drug-likeness (QED) is 0.759. The van der Waals surface area contributed by atoms with Gasteiger partial charge in [0.2, 0.25) is 0 Å². The van der Waals surface area contributed by atoms with Crippen LogP contribution < -0.4 is 5.32 Å². The minimum atomic E-state index is 0.401. The molecule has 1 aromatic rings. The Balaban J connectivity index is 2.14. The highest BCUT2D eigenvalue weighted by atomic mass is 14.9. The lowest BCUT2D eigenvalue weighted by Gasteiger charge is -2.49. The smallest absolute Gasteiger partial charge is 0.0163 e. The average molecular weight is 259 g/mol. The SMILES string of the molecule is CCCC(C)CC(NC)C1(c2ccccc2)CCC1. The number of benzene rings is 1. The Hall–Kier alpha value is -0.820. The Bertz CT molecular complexity index is 367. The van der Waals surface area contributed by atoms with Gasteiger partial charge in [0.25, 0.3) is 0 Å². The molecule has 19 heavy (non-hydrogen) atoms. The van der Waals surface area contributed by atoms with Gasteiger partial charge in [0.05, 0.1) is 0 Å². The second-order valence-electron chi connectivity index (χ2n) is 6.35. The molecule has 0 amide bonds. The van der Waals surface area contributed by atoms with Crippen molar-refractivity contribution in [3.05, 3.63) is 35.9 Å². The molecule has 2 atom stereocenters. The zero-order chi connectivity index (χ0) is 13.7. The molecule has 0 aliphatic heterocycles. The Morgan fingerprint density at radius 1 is 1.21 bits per heavy atom. The minimum Gasteiger partial charge on any atom is -0.316 e. The van der Waals surface area contributed by atoms with Crippen LogP contribution in [0.15, 0.2) is 30.3 Å². The molecule has 1 aliphatic rings. The van der Waals surface area contributed by atoms with Gasteiger partial charge in [0, 0.05) is 11.5 Å². The van der Waals surface area contributed by atoms with Crippen molar-refractivity contribution in [3.63, 3.8) is 0 Å². The zero-order valence-electron chi connectivity index (χ0n) is 12.8. The van der Waals surface area contributed by atoms with Crippen LogP contribution in [0, 0.1) is 5.92 Å². The molecule has 1 fully saturated rings. The fourth-order valence-electron chi connectivity index (χ4n) is 3.80. The highest BCUT2D eigenvalue weighted by Gasteiger charge is 2.44. The van der Waals surface area contributed by atoms with Crippen molar-refractivity contribution in [1.29, 1.82) is 0 Å². The molecule has 0 radical (unpaired) electrons. The van der Waals surface area contributed by atoms with E-state index in [1.54, 1.807) is 5.56 Å². The average Bonchev–Trinajstić information content (AvgIpc) is 2.38. The second kappa shape index (κ2) is 6.56. The Morgan fingerprint density at radius 3 is 2.37 bits per heavy atom. The summed E-state index contributed by atoms with van der Waals surface area (Å²) in [5.74, 6) is 0.823. The van der Waals surface area contributed by atoms with E-state index in [1.165, 1.54) is 38.5 Å². The summed E-state index contributed by atoms with van der Waals surface area (Å²) in [5.41, 5.74) is 1.95. The van der Waals surface area contributed by atoms with Gasteiger partial charge in [-0.1, -0.05) is 63.4 Å². The van der Waals surface area contributed by atoms with Crippen molar-refractivity contribution < 1.29 is 0 Å². The molecule has 1 aromatic carbocycles. The summed E-state index contributed by atoms with van der Waals surface area (Å²) < 4.78 is 0. The molecule has 1 N–H and O–H groups in total. The molecule has 1 nitrogen and oxygen atoms in total. The lowest BCUT2D eigenvalue weighted by Crippen LogP contribution is -2.52. The van der Waals surface area contributed by atoms with E-state index in [0.717, 1.165) is 5.92 Å². The predicted octanol–water partition coefficient (Wildman–Crippen LogP) is 4.52. The van der Waals surface area contributed by atoms with Gasteiger partial charge in [-0.25, -0.2) is 0 Å². The van der Waals surface area contributed by atoms with E-state index >= 15 is 0 Å². The van der Waals surface area contributed by atoms with Crippen LogP contribution in [-0.2, 0) is 5.41 Å². The van der Waals surface area contributed by atoms with Crippen molar-refractivity contribution in [2.24, 2.45) is 5.92 Å². The summed E-state index contributed by atoms with van der Waals surface area (Å²) in [7, 11) is 2.15. The van der Waals surface area contributed by atoms with E-state index in [0.29, 0.717) is 11.5 Å². The van der Waals surface area contributed by atoms with Gasteiger partial charge in [-0.2, -0.15) is 0 Å². The topological polar surface area (TPSA) is 12.0 Å². The van der Waals surface area contributed by atoms with E-state index in [2.05, 4.69) is 56.5 Å². The van der Waals surface area contributed by atoms with Gasteiger partial charge >= 0.3 is 0 Å². The fraction of sp³-hybridized carbons (Fsp3) is 0.667. The van der Waals surface area contributed by atoms with Gasteiger partial charge in [-0.05, 0) is 37.8 Å². The van der Waals surface area contributed by atoms with E-state index in [-0.39, 0.29) is 0 Å². The number of hydrogen-bond donors (Lipinski definition) is 1. The third kappa shape index (κ3) is 3.02. The van der Waals surface area contributed by atoms with E-state index in [4.69, 9.17) is 0 Å².